The van der Waals surface area contributed by atoms with Crippen LogP contribution < -0.4 is 0 Å². The molecule has 0 unspecified atom stereocenters. The summed E-state index contributed by atoms with van der Waals surface area (Å²) in [6.07, 6.45) is 6.79. The lowest BCUT2D eigenvalue weighted by atomic mass is 10.4. The second-order valence-corrected chi connectivity index (χ2v) is 3.15. The molecule has 5 heteroatoms. The number of hydrogen-bond acceptors (Lipinski definition) is 3. The van der Waals surface area contributed by atoms with Crippen LogP contribution in [-0.4, -0.2) is 19.5 Å². The summed E-state index contributed by atoms with van der Waals surface area (Å²) in [5.41, 5.74) is 0.737. The highest BCUT2D eigenvalue weighted by Gasteiger charge is 2.05. The summed E-state index contributed by atoms with van der Waals surface area (Å²) in [6, 6.07) is 0. The van der Waals surface area contributed by atoms with E-state index in [-0.39, 0.29) is 0 Å². The van der Waals surface area contributed by atoms with E-state index in [4.69, 9.17) is 11.6 Å². The molecule has 0 radical (unpaired) electrons. The first-order valence-corrected chi connectivity index (χ1v) is 4.68. The number of aromatic nitrogens is 4. The van der Waals surface area contributed by atoms with Crippen molar-refractivity contribution in [3.05, 3.63) is 29.9 Å². The Morgan fingerprint density at radius 2 is 2.14 bits per heavy atom. The number of nitrogens with zero attached hydrogens (tertiary/aromatic N) is 4. The van der Waals surface area contributed by atoms with Crippen molar-refractivity contribution in [1.29, 1.82) is 0 Å². The summed E-state index contributed by atoms with van der Waals surface area (Å²) in [5, 5.41) is 0.392. The fourth-order valence-electron chi connectivity index (χ4n) is 1.23. The first-order valence-electron chi connectivity index (χ1n) is 4.30. The molecule has 14 heavy (non-hydrogen) atoms. The summed E-state index contributed by atoms with van der Waals surface area (Å²) >= 11 is 5.65. The molecule has 2 aromatic rings. The van der Waals surface area contributed by atoms with Crippen LogP contribution >= 0.6 is 11.6 Å². The monoisotopic (exact) mass is 208 g/mol. The maximum atomic E-state index is 5.65. The van der Waals surface area contributed by atoms with E-state index >= 15 is 0 Å². The van der Waals surface area contributed by atoms with Gasteiger partial charge in [0.2, 0.25) is 0 Å². The Kier molecular flexibility index (Phi) is 2.45. The average molecular weight is 209 g/mol. The van der Waals surface area contributed by atoms with E-state index in [1.807, 2.05) is 10.8 Å². The Bertz CT molecular complexity index is 421. The van der Waals surface area contributed by atoms with E-state index < -0.39 is 0 Å². The van der Waals surface area contributed by atoms with E-state index in [0.717, 1.165) is 18.1 Å². The highest BCUT2D eigenvalue weighted by Crippen LogP contribution is 2.14. The van der Waals surface area contributed by atoms with E-state index in [0.29, 0.717) is 5.15 Å². The normalized spacial score (nSPS) is 10.4. The summed E-state index contributed by atoms with van der Waals surface area (Å²) in [5.74, 6) is 0.816. The summed E-state index contributed by atoms with van der Waals surface area (Å²) < 4.78 is 2.00. The molecule has 0 amide bonds. The van der Waals surface area contributed by atoms with Gasteiger partial charge >= 0.3 is 0 Å². The lowest BCUT2D eigenvalue weighted by Gasteiger charge is -2.02. The van der Waals surface area contributed by atoms with Crippen LogP contribution in [0.5, 0.6) is 0 Å². The third-order valence-electron chi connectivity index (χ3n) is 1.91. The number of rotatable bonds is 2. The van der Waals surface area contributed by atoms with Crippen LogP contribution in [0.25, 0.3) is 11.5 Å². The van der Waals surface area contributed by atoms with Gasteiger partial charge in [0, 0.05) is 18.9 Å². The van der Waals surface area contributed by atoms with Gasteiger partial charge in [0.15, 0.2) is 5.82 Å². The third-order valence-corrected chi connectivity index (χ3v) is 2.10. The largest absolute Gasteiger partial charge is 0.330 e. The molecule has 0 aliphatic heterocycles. The Morgan fingerprint density at radius 3 is 2.79 bits per heavy atom. The third kappa shape index (κ3) is 1.61. The highest BCUT2D eigenvalue weighted by atomic mass is 35.5. The highest BCUT2D eigenvalue weighted by molar-refractivity contribution is 6.29. The van der Waals surface area contributed by atoms with Gasteiger partial charge in [0.05, 0.1) is 12.4 Å². The van der Waals surface area contributed by atoms with Gasteiger partial charge in [-0.1, -0.05) is 11.6 Å². The van der Waals surface area contributed by atoms with Crippen molar-refractivity contribution >= 4 is 11.6 Å². The molecule has 0 saturated carbocycles. The smallest absolute Gasteiger partial charge is 0.160 e. The van der Waals surface area contributed by atoms with E-state index in [2.05, 4.69) is 21.9 Å². The summed E-state index contributed by atoms with van der Waals surface area (Å²) in [4.78, 5) is 12.3. The topological polar surface area (TPSA) is 43.6 Å². The molecule has 0 saturated heterocycles. The number of hydrogen-bond donors (Lipinski definition) is 0. The van der Waals surface area contributed by atoms with Gasteiger partial charge in [-0.15, -0.1) is 0 Å². The molecule has 0 aliphatic carbocycles. The Balaban J connectivity index is 2.44. The minimum absolute atomic E-state index is 0.392. The predicted molar refractivity (Wildman–Crippen MR) is 53.9 cm³/mol. The molecule has 2 heterocycles. The number of imidazole rings is 1. The van der Waals surface area contributed by atoms with Crippen molar-refractivity contribution < 1.29 is 0 Å². The van der Waals surface area contributed by atoms with Crippen molar-refractivity contribution in [2.45, 2.75) is 13.5 Å². The standard InChI is InChI=1S/C9H9ClN4/c1-2-14-4-3-11-9(14)7-5-13-8(10)6-12-7/h3-6H,2H2,1H3. The second kappa shape index (κ2) is 3.75. The van der Waals surface area contributed by atoms with E-state index in [9.17, 15) is 0 Å². The molecule has 0 N–H and O–H groups in total. The molecule has 0 bridgehead atoms. The molecule has 0 fully saturated rings. The van der Waals surface area contributed by atoms with Gasteiger partial charge in [-0.2, -0.15) is 0 Å². The second-order valence-electron chi connectivity index (χ2n) is 2.76. The summed E-state index contributed by atoms with van der Waals surface area (Å²) in [6.45, 7) is 2.91. The lowest BCUT2D eigenvalue weighted by Crippen LogP contribution is -1.98. The SMILES string of the molecule is CCn1ccnc1-c1cnc(Cl)cn1. The van der Waals surface area contributed by atoms with Gasteiger partial charge in [0.25, 0.3) is 0 Å². The van der Waals surface area contributed by atoms with E-state index in [1.54, 1.807) is 12.4 Å². The predicted octanol–water partition coefficient (Wildman–Crippen LogP) is 2.01. The molecule has 4 nitrogen and oxygen atoms in total. The van der Waals surface area contributed by atoms with Gasteiger partial charge in [0.1, 0.15) is 10.8 Å². The Hall–Kier alpha value is -1.42. The molecule has 0 aromatic carbocycles. The van der Waals surface area contributed by atoms with Crippen LogP contribution in [0, 0.1) is 0 Å². The zero-order valence-electron chi connectivity index (χ0n) is 7.68. The molecule has 72 valence electrons. The molecule has 0 aliphatic rings. The van der Waals surface area contributed by atoms with Crippen molar-refractivity contribution in [3.8, 4) is 11.5 Å². The molecule has 2 aromatic heterocycles. The number of halogens is 1. The lowest BCUT2D eigenvalue weighted by molar-refractivity contribution is 0.767. The summed E-state index contributed by atoms with van der Waals surface area (Å²) in [7, 11) is 0. The average Bonchev–Trinajstić information content (AvgIpc) is 2.67. The maximum absolute atomic E-state index is 5.65. The van der Waals surface area contributed by atoms with Gasteiger partial charge in [-0.05, 0) is 6.92 Å². The van der Waals surface area contributed by atoms with Crippen molar-refractivity contribution in [1.82, 2.24) is 19.5 Å². The van der Waals surface area contributed by atoms with Gasteiger partial charge < -0.3 is 4.57 Å². The van der Waals surface area contributed by atoms with Crippen LogP contribution in [-0.2, 0) is 6.54 Å². The maximum Gasteiger partial charge on any atom is 0.160 e. The van der Waals surface area contributed by atoms with Crippen LogP contribution in [0.2, 0.25) is 5.15 Å². The first-order chi connectivity index (χ1) is 6.81. The van der Waals surface area contributed by atoms with Gasteiger partial charge in [-0.3, -0.25) is 0 Å². The fraction of sp³-hybridized carbons (Fsp3) is 0.222. The molecule has 0 spiro atoms. The minimum Gasteiger partial charge on any atom is -0.330 e. The van der Waals surface area contributed by atoms with Gasteiger partial charge in [-0.25, -0.2) is 15.0 Å². The zero-order chi connectivity index (χ0) is 9.97. The van der Waals surface area contributed by atoms with Crippen LogP contribution in [0.1, 0.15) is 6.92 Å². The van der Waals surface area contributed by atoms with Crippen LogP contribution in [0.3, 0.4) is 0 Å². The zero-order valence-corrected chi connectivity index (χ0v) is 8.44. The molecular formula is C9H9ClN4. The Labute approximate surface area is 86.6 Å². The van der Waals surface area contributed by atoms with Crippen molar-refractivity contribution in [2.75, 3.05) is 0 Å². The van der Waals surface area contributed by atoms with Crippen LogP contribution in [0.4, 0.5) is 0 Å². The molecule has 0 atom stereocenters. The molecule has 2 rings (SSSR count). The van der Waals surface area contributed by atoms with Crippen molar-refractivity contribution in [3.63, 3.8) is 0 Å². The van der Waals surface area contributed by atoms with E-state index in [1.165, 1.54) is 6.20 Å². The minimum atomic E-state index is 0.392. The molecular weight excluding hydrogens is 200 g/mol. The number of aryl methyl sites for hydroxylation is 1. The van der Waals surface area contributed by atoms with Crippen LogP contribution in [0.15, 0.2) is 24.8 Å². The first kappa shape index (κ1) is 9.15. The fourth-order valence-corrected chi connectivity index (χ4v) is 1.32. The Morgan fingerprint density at radius 1 is 1.29 bits per heavy atom. The van der Waals surface area contributed by atoms with Crippen molar-refractivity contribution in [2.24, 2.45) is 0 Å². The quantitative estimate of drug-likeness (QED) is 0.759.